The SMILES string of the molecule is CCCCCCCNC(=O)COc1cc(C)ccc1C. The number of ether oxygens (including phenoxy) is 1. The van der Waals surface area contributed by atoms with E-state index in [-0.39, 0.29) is 12.5 Å². The number of benzene rings is 1. The summed E-state index contributed by atoms with van der Waals surface area (Å²) >= 11 is 0. The van der Waals surface area contributed by atoms with E-state index in [1.54, 1.807) is 0 Å². The number of carbonyl (C=O) groups excluding carboxylic acids is 1. The Balaban J connectivity index is 2.18. The molecule has 20 heavy (non-hydrogen) atoms. The van der Waals surface area contributed by atoms with Crippen LogP contribution in [-0.4, -0.2) is 19.1 Å². The standard InChI is InChI=1S/C17H27NO2/c1-4-5-6-7-8-11-18-17(19)13-20-16-12-14(2)9-10-15(16)3/h9-10,12H,4-8,11,13H2,1-3H3,(H,18,19). The number of hydrogen-bond donors (Lipinski definition) is 1. The number of amides is 1. The zero-order chi connectivity index (χ0) is 14.8. The first-order valence-electron chi connectivity index (χ1n) is 7.60. The molecule has 1 aromatic carbocycles. The number of carbonyl (C=O) groups is 1. The van der Waals surface area contributed by atoms with Crippen LogP contribution in [0.15, 0.2) is 18.2 Å². The minimum Gasteiger partial charge on any atom is -0.483 e. The van der Waals surface area contributed by atoms with Crippen molar-refractivity contribution < 1.29 is 9.53 Å². The Morgan fingerprint density at radius 1 is 1.15 bits per heavy atom. The summed E-state index contributed by atoms with van der Waals surface area (Å²) in [5.41, 5.74) is 2.20. The van der Waals surface area contributed by atoms with Crippen molar-refractivity contribution in [2.75, 3.05) is 13.2 Å². The van der Waals surface area contributed by atoms with E-state index in [9.17, 15) is 4.79 Å². The van der Waals surface area contributed by atoms with Gasteiger partial charge in [0.1, 0.15) is 5.75 Å². The molecule has 0 aliphatic heterocycles. The lowest BCUT2D eigenvalue weighted by molar-refractivity contribution is -0.123. The molecule has 0 saturated heterocycles. The quantitative estimate of drug-likeness (QED) is 0.698. The Morgan fingerprint density at radius 3 is 2.65 bits per heavy atom. The summed E-state index contributed by atoms with van der Waals surface area (Å²) in [6.45, 7) is 7.05. The fourth-order valence-electron chi connectivity index (χ4n) is 2.01. The van der Waals surface area contributed by atoms with Crippen molar-refractivity contribution in [2.24, 2.45) is 0 Å². The minimum absolute atomic E-state index is 0.0404. The van der Waals surface area contributed by atoms with Crippen LogP contribution in [-0.2, 0) is 4.79 Å². The Labute approximate surface area is 122 Å². The Hall–Kier alpha value is -1.51. The molecule has 0 atom stereocenters. The topological polar surface area (TPSA) is 38.3 Å². The zero-order valence-electron chi connectivity index (χ0n) is 13.0. The maximum absolute atomic E-state index is 11.7. The predicted octanol–water partition coefficient (Wildman–Crippen LogP) is 3.77. The smallest absolute Gasteiger partial charge is 0.257 e. The number of rotatable bonds is 9. The summed E-state index contributed by atoms with van der Waals surface area (Å²) in [6.07, 6.45) is 6.02. The molecule has 0 aliphatic rings. The van der Waals surface area contributed by atoms with Gasteiger partial charge in [0.05, 0.1) is 0 Å². The highest BCUT2D eigenvalue weighted by Crippen LogP contribution is 2.18. The van der Waals surface area contributed by atoms with E-state index in [0.29, 0.717) is 0 Å². The van der Waals surface area contributed by atoms with Crippen LogP contribution in [0.3, 0.4) is 0 Å². The van der Waals surface area contributed by atoms with E-state index in [0.717, 1.165) is 29.8 Å². The van der Waals surface area contributed by atoms with Crippen molar-refractivity contribution in [2.45, 2.75) is 52.9 Å². The lowest BCUT2D eigenvalue weighted by Crippen LogP contribution is -2.29. The van der Waals surface area contributed by atoms with E-state index < -0.39 is 0 Å². The van der Waals surface area contributed by atoms with Crippen LogP contribution in [0.25, 0.3) is 0 Å². The molecule has 0 bridgehead atoms. The average Bonchev–Trinajstić information content (AvgIpc) is 2.43. The number of nitrogens with one attached hydrogen (secondary N) is 1. The van der Waals surface area contributed by atoms with Crippen molar-refractivity contribution in [3.63, 3.8) is 0 Å². The third-order valence-electron chi connectivity index (χ3n) is 3.30. The van der Waals surface area contributed by atoms with Gasteiger partial charge in [0.25, 0.3) is 5.91 Å². The van der Waals surface area contributed by atoms with Gasteiger partial charge in [-0.05, 0) is 37.5 Å². The van der Waals surface area contributed by atoms with Gasteiger partial charge >= 0.3 is 0 Å². The van der Waals surface area contributed by atoms with Gasteiger partial charge in [-0.1, -0.05) is 44.7 Å². The van der Waals surface area contributed by atoms with Crippen LogP contribution in [0.5, 0.6) is 5.75 Å². The predicted molar refractivity (Wildman–Crippen MR) is 83.2 cm³/mol. The van der Waals surface area contributed by atoms with Crippen molar-refractivity contribution in [3.8, 4) is 5.75 Å². The molecule has 112 valence electrons. The summed E-state index contributed by atoms with van der Waals surface area (Å²) in [4.78, 5) is 11.7. The Kier molecular flexibility index (Phi) is 7.78. The van der Waals surface area contributed by atoms with Crippen LogP contribution in [0.2, 0.25) is 0 Å². The monoisotopic (exact) mass is 277 g/mol. The summed E-state index contributed by atoms with van der Waals surface area (Å²) in [5, 5.41) is 2.90. The third kappa shape index (κ3) is 6.60. The minimum atomic E-state index is -0.0404. The molecule has 0 spiro atoms. The fourth-order valence-corrected chi connectivity index (χ4v) is 2.01. The summed E-state index contributed by atoms with van der Waals surface area (Å²) in [7, 11) is 0. The second-order valence-corrected chi connectivity index (χ2v) is 5.32. The zero-order valence-corrected chi connectivity index (χ0v) is 13.0. The molecule has 3 heteroatoms. The van der Waals surface area contributed by atoms with Gasteiger partial charge in [-0.25, -0.2) is 0 Å². The van der Waals surface area contributed by atoms with Crippen molar-refractivity contribution in [3.05, 3.63) is 29.3 Å². The van der Waals surface area contributed by atoms with Gasteiger partial charge in [0.2, 0.25) is 0 Å². The second kappa shape index (κ2) is 9.40. The highest BCUT2D eigenvalue weighted by molar-refractivity contribution is 5.77. The molecular formula is C17H27NO2. The van der Waals surface area contributed by atoms with Gasteiger partial charge in [-0.15, -0.1) is 0 Å². The average molecular weight is 277 g/mol. The fraction of sp³-hybridized carbons (Fsp3) is 0.588. The molecule has 1 aromatic rings. The van der Waals surface area contributed by atoms with Gasteiger partial charge in [-0.3, -0.25) is 4.79 Å². The van der Waals surface area contributed by atoms with Crippen LogP contribution in [0, 0.1) is 13.8 Å². The first-order chi connectivity index (χ1) is 9.63. The molecule has 1 rings (SSSR count). The van der Waals surface area contributed by atoms with Gasteiger partial charge in [0, 0.05) is 6.54 Å². The molecule has 0 aliphatic carbocycles. The van der Waals surface area contributed by atoms with Crippen LogP contribution < -0.4 is 10.1 Å². The molecule has 0 aromatic heterocycles. The second-order valence-electron chi connectivity index (χ2n) is 5.32. The largest absolute Gasteiger partial charge is 0.483 e. The third-order valence-corrected chi connectivity index (χ3v) is 3.30. The van der Waals surface area contributed by atoms with Crippen LogP contribution in [0.4, 0.5) is 0 Å². The van der Waals surface area contributed by atoms with Gasteiger partial charge in [-0.2, -0.15) is 0 Å². The molecule has 1 amide bonds. The van der Waals surface area contributed by atoms with Gasteiger partial charge in [0.15, 0.2) is 6.61 Å². The van der Waals surface area contributed by atoms with Crippen LogP contribution in [0.1, 0.15) is 50.2 Å². The summed E-state index contributed by atoms with van der Waals surface area (Å²) in [5.74, 6) is 0.754. The number of unbranched alkanes of at least 4 members (excludes halogenated alkanes) is 4. The molecule has 1 N–H and O–H groups in total. The highest BCUT2D eigenvalue weighted by Gasteiger charge is 2.04. The first-order valence-corrected chi connectivity index (χ1v) is 7.60. The van der Waals surface area contributed by atoms with E-state index in [1.807, 2.05) is 32.0 Å². The van der Waals surface area contributed by atoms with E-state index in [1.165, 1.54) is 25.7 Å². The van der Waals surface area contributed by atoms with Crippen molar-refractivity contribution in [1.82, 2.24) is 5.32 Å². The van der Waals surface area contributed by atoms with Crippen LogP contribution >= 0.6 is 0 Å². The first kappa shape index (κ1) is 16.5. The molecule has 0 fully saturated rings. The molecule has 0 radical (unpaired) electrons. The lowest BCUT2D eigenvalue weighted by Gasteiger charge is -2.10. The van der Waals surface area contributed by atoms with E-state index in [4.69, 9.17) is 4.74 Å². The summed E-state index contributed by atoms with van der Waals surface area (Å²) in [6, 6.07) is 6.02. The number of hydrogen-bond acceptors (Lipinski definition) is 2. The van der Waals surface area contributed by atoms with Crippen molar-refractivity contribution >= 4 is 5.91 Å². The van der Waals surface area contributed by atoms with Crippen molar-refractivity contribution in [1.29, 1.82) is 0 Å². The normalized spacial score (nSPS) is 10.3. The molecular weight excluding hydrogens is 250 g/mol. The number of aryl methyl sites for hydroxylation is 2. The highest BCUT2D eigenvalue weighted by atomic mass is 16.5. The molecule has 0 heterocycles. The summed E-state index contributed by atoms with van der Waals surface area (Å²) < 4.78 is 5.56. The van der Waals surface area contributed by atoms with Gasteiger partial charge < -0.3 is 10.1 Å². The Bertz CT molecular complexity index is 415. The van der Waals surface area contributed by atoms with E-state index >= 15 is 0 Å². The molecule has 0 unspecified atom stereocenters. The molecule has 0 saturated carbocycles. The Morgan fingerprint density at radius 2 is 1.90 bits per heavy atom. The maximum Gasteiger partial charge on any atom is 0.257 e. The maximum atomic E-state index is 11.7. The molecule has 3 nitrogen and oxygen atoms in total. The lowest BCUT2D eigenvalue weighted by atomic mass is 10.1. The van der Waals surface area contributed by atoms with E-state index in [2.05, 4.69) is 12.2 Å².